The summed E-state index contributed by atoms with van der Waals surface area (Å²) in [4.78, 5) is 19.0. The summed E-state index contributed by atoms with van der Waals surface area (Å²) in [6, 6.07) is 15.0. The zero-order chi connectivity index (χ0) is 20.6. The lowest BCUT2D eigenvalue weighted by Gasteiger charge is -2.24. The minimum Gasteiger partial charge on any atom is -0.496 e. The van der Waals surface area contributed by atoms with Crippen LogP contribution in [0.3, 0.4) is 0 Å². The highest BCUT2D eigenvalue weighted by molar-refractivity contribution is 8.16. The van der Waals surface area contributed by atoms with Crippen LogP contribution in [0.25, 0.3) is 0 Å². The summed E-state index contributed by atoms with van der Waals surface area (Å²) >= 11 is 1.39. The molecule has 0 bridgehead atoms. The van der Waals surface area contributed by atoms with Crippen molar-refractivity contribution in [2.45, 2.75) is 24.6 Å². The van der Waals surface area contributed by atoms with Gasteiger partial charge in [0.1, 0.15) is 5.75 Å². The van der Waals surface area contributed by atoms with E-state index in [1.165, 1.54) is 11.8 Å². The van der Waals surface area contributed by atoms with Gasteiger partial charge >= 0.3 is 0 Å². The number of rotatable bonds is 4. The number of amides is 1. The number of methoxy groups -OCH3 is 1. The summed E-state index contributed by atoms with van der Waals surface area (Å²) in [7, 11) is -1.51. The molecule has 0 saturated carbocycles. The second kappa shape index (κ2) is 7.84. The predicted molar refractivity (Wildman–Crippen MR) is 117 cm³/mol. The molecular formula is C21H22N2O4S2. The van der Waals surface area contributed by atoms with Crippen LogP contribution in [0.4, 0.5) is 5.69 Å². The molecule has 8 heteroatoms. The first-order valence-corrected chi connectivity index (χ1v) is 12.0. The third-order valence-electron chi connectivity index (χ3n) is 5.10. The van der Waals surface area contributed by atoms with Crippen LogP contribution < -0.4 is 9.64 Å². The fraction of sp³-hybridized carbons (Fsp3) is 0.333. The Balaban J connectivity index is 1.65. The quantitative estimate of drug-likeness (QED) is 0.743. The molecule has 2 atom stereocenters. The van der Waals surface area contributed by atoms with Gasteiger partial charge < -0.3 is 9.64 Å². The number of benzene rings is 2. The molecule has 2 fully saturated rings. The van der Waals surface area contributed by atoms with Crippen molar-refractivity contribution < 1.29 is 17.9 Å². The van der Waals surface area contributed by atoms with Crippen molar-refractivity contribution in [1.82, 2.24) is 0 Å². The second-order valence-corrected chi connectivity index (χ2v) is 10.6. The Bertz CT molecular complexity index is 1080. The molecule has 2 aromatic carbocycles. The van der Waals surface area contributed by atoms with Crippen molar-refractivity contribution in [1.29, 1.82) is 0 Å². The van der Waals surface area contributed by atoms with Gasteiger partial charge in [0.25, 0.3) is 5.91 Å². The number of hydrogen-bond acceptors (Lipinski definition) is 5. The Labute approximate surface area is 174 Å². The van der Waals surface area contributed by atoms with E-state index in [0.717, 1.165) is 16.8 Å². The normalized spacial score (nSPS) is 23.9. The van der Waals surface area contributed by atoms with E-state index in [0.29, 0.717) is 10.9 Å². The summed E-state index contributed by atoms with van der Waals surface area (Å²) in [5.74, 6) is 0.569. The molecule has 2 heterocycles. The Hall–Kier alpha value is -2.32. The number of sulfone groups is 1. The van der Waals surface area contributed by atoms with Gasteiger partial charge in [-0.1, -0.05) is 42.1 Å². The molecule has 2 saturated heterocycles. The van der Waals surface area contributed by atoms with E-state index in [2.05, 4.69) is 4.99 Å². The number of thioether (sulfide) groups is 1. The summed E-state index contributed by atoms with van der Waals surface area (Å²) in [5, 5.41) is 0.457. The average Bonchev–Trinajstić information content (AvgIpc) is 3.12. The van der Waals surface area contributed by atoms with Crippen molar-refractivity contribution >= 4 is 38.4 Å². The minimum atomic E-state index is -3.08. The molecule has 0 radical (unpaired) electrons. The number of fused-ring (bicyclic) bond motifs is 1. The summed E-state index contributed by atoms with van der Waals surface area (Å²) in [6.07, 6.45) is 0.128. The first-order valence-electron chi connectivity index (χ1n) is 9.33. The topological polar surface area (TPSA) is 76.0 Å². The van der Waals surface area contributed by atoms with E-state index >= 15 is 0 Å². The van der Waals surface area contributed by atoms with Crippen LogP contribution in [-0.2, 0) is 21.1 Å². The van der Waals surface area contributed by atoms with Crippen molar-refractivity contribution in [2.24, 2.45) is 4.99 Å². The number of anilines is 1. The first-order chi connectivity index (χ1) is 13.9. The number of carbonyl (C=O) groups excluding carboxylic acids is 1. The van der Waals surface area contributed by atoms with Crippen LogP contribution in [0.5, 0.6) is 5.75 Å². The molecule has 0 aromatic heterocycles. The zero-order valence-corrected chi connectivity index (χ0v) is 17.9. The van der Waals surface area contributed by atoms with E-state index in [-0.39, 0.29) is 35.1 Å². The number of para-hydroxylation sites is 1. The highest BCUT2D eigenvalue weighted by Crippen LogP contribution is 2.41. The molecule has 0 N–H and O–H groups in total. The number of hydrogen-bond donors (Lipinski definition) is 0. The maximum Gasteiger partial charge on any atom is 0.252 e. The Kier molecular flexibility index (Phi) is 5.40. The molecule has 152 valence electrons. The number of ether oxygens (including phenoxy) is 1. The Morgan fingerprint density at radius 1 is 1.21 bits per heavy atom. The van der Waals surface area contributed by atoms with Gasteiger partial charge in [-0.25, -0.2) is 8.42 Å². The van der Waals surface area contributed by atoms with Gasteiger partial charge in [-0.3, -0.25) is 4.79 Å². The van der Waals surface area contributed by atoms with Crippen LogP contribution in [0, 0.1) is 6.92 Å². The highest BCUT2D eigenvalue weighted by atomic mass is 32.2. The summed E-state index contributed by atoms with van der Waals surface area (Å²) < 4.78 is 29.7. The van der Waals surface area contributed by atoms with Gasteiger partial charge in [-0.05, 0) is 30.7 Å². The maximum atomic E-state index is 12.7. The molecule has 2 aliphatic heterocycles. The molecule has 2 unspecified atom stereocenters. The highest BCUT2D eigenvalue weighted by Gasteiger charge is 2.49. The number of carbonyl (C=O) groups is 1. The SMILES string of the molecule is COc1ccccc1CC(=O)N=C1SC2CS(=O)(=O)CC2N1c1cccc(C)c1. The predicted octanol–water partition coefficient (Wildman–Crippen LogP) is 2.85. The van der Waals surface area contributed by atoms with E-state index < -0.39 is 9.84 Å². The molecule has 0 spiro atoms. The summed E-state index contributed by atoms with van der Waals surface area (Å²) in [5.41, 5.74) is 2.71. The molecule has 1 amide bonds. The summed E-state index contributed by atoms with van der Waals surface area (Å²) in [6.45, 7) is 1.99. The van der Waals surface area contributed by atoms with Crippen LogP contribution in [0.15, 0.2) is 53.5 Å². The van der Waals surface area contributed by atoms with Gasteiger partial charge in [0.05, 0.1) is 31.1 Å². The zero-order valence-electron chi connectivity index (χ0n) is 16.2. The van der Waals surface area contributed by atoms with E-state index in [9.17, 15) is 13.2 Å². The van der Waals surface area contributed by atoms with Crippen LogP contribution in [0.2, 0.25) is 0 Å². The number of aryl methyl sites for hydroxylation is 1. The van der Waals surface area contributed by atoms with Gasteiger partial charge in [0.15, 0.2) is 15.0 Å². The Morgan fingerprint density at radius 2 is 2.00 bits per heavy atom. The van der Waals surface area contributed by atoms with E-state index in [1.807, 2.05) is 60.4 Å². The lowest BCUT2D eigenvalue weighted by Crippen LogP contribution is -2.37. The number of amidine groups is 1. The smallest absolute Gasteiger partial charge is 0.252 e. The molecule has 0 aliphatic carbocycles. The first kappa shape index (κ1) is 20.0. The molecule has 4 rings (SSSR count). The molecule has 2 aromatic rings. The van der Waals surface area contributed by atoms with E-state index in [4.69, 9.17) is 4.74 Å². The van der Waals surface area contributed by atoms with Gasteiger partial charge in [-0.15, -0.1) is 0 Å². The third-order valence-corrected chi connectivity index (χ3v) is 8.31. The third kappa shape index (κ3) is 4.18. The second-order valence-electron chi connectivity index (χ2n) is 7.29. The fourth-order valence-electron chi connectivity index (χ4n) is 3.80. The number of nitrogens with zero attached hydrogens (tertiary/aromatic N) is 2. The largest absolute Gasteiger partial charge is 0.496 e. The molecule has 2 aliphatic rings. The Morgan fingerprint density at radius 3 is 2.76 bits per heavy atom. The standard InChI is InChI=1S/C21H22N2O4S2/c1-14-6-5-8-16(10-14)23-17-12-29(25,26)13-19(17)28-21(23)22-20(24)11-15-7-3-4-9-18(15)27-2/h3-10,17,19H,11-13H2,1-2H3. The van der Waals surface area contributed by atoms with Crippen molar-refractivity contribution in [3.63, 3.8) is 0 Å². The van der Waals surface area contributed by atoms with Crippen LogP contribution in [0.1, 0.15) is 11.1 Å². The van der Waals surface area contributed by atoms with Gasteiger partial charge in [0, 0.05) is 16.5 Å². The minimum absolute atomic E-state index is 0.0817. The monoisotopic (exact) mass is 430 g/mol. The lowest BCUT2D eigenvalue weighted by atomic mass is 10.1. The fourth-order valence-corrected chi connectivity index (χ4v) is 7.73. The van der Waals surface area contributed by atoms with Crippen LogP contribution >= 0.6 is 11.8 Å². The molecule has 6 nitrogen and oxygen atoms in total. The molecule has 29 heavy (non-hydrogen) atoms. The molecular weight excluding hydrogens is 408 g/mol. The van der Waals surface area contributed by atoms with Crippen molar-refractivity contribution in [2.75, 3.05) is 23.5 Å². The van der Waals surface area contributed by atoms with Crippen molar-refractivity contribution in [3.05, 3.63) is 59.7 Å². The van der Waals surface area contributed by atoms with Crippen molar-refractivity contribution in [3.8, 4) is 5.75 Å². The van der Waals surface area contributed by atoms with E-state index in [1.54, 1.807) is 7.11 Å². The average molecular weight is 431 g/mol. The maximum absolute atomic E-state index is 12.7. The number of aliphatic imine (C=N–C) groups is 1. The van der Waals surface area contributed by atoms with Gasteiger partial charge in [0.2, 0.25) is 0 Å². The van der Waals surface area contributed by atoms with Crippen LogP contribution in [-0.4, -0.2) is 49.4 Å². The van der Waals surface area contributed by atoms with Gasteiger partial charge in [-0.2, -0.15) is 4.99 Å². The lowest BCUT2D eigenvalue weighted by molar-refractivity contribution is -0.117.